The molecule has 6 heteroatoms. The lowest BCUT2D eigenvalue weighted by Gasteiger charge is -2.05. The zero-order valence-electron chi connectivity index (χ0n) is 9.71. The highest BCUT2D eigenvalue weighted by Crippen LogP contribution is 2.34. The Labute approximate surface area is 117 Å². The lowest BCUT2D eigenvalue weighted by Crippen LogP contribution is -2.09. The maximum absolute atomic E-state index is 11.0. The number of fused-ring (bicyclic) bond motifs is 1. The molecule has 0 aliphatic heterocycles. The van der Waals surface area contributed by atoms with Crippen LogP contribution in [0.5, 0.6) is 0 Å². The predicted octanol–water partition coefficient (Wildman–Crippen LogP) is 3.50. The minimum atomic E-state index is -0.905. The molecule has 2 aromatic heterocycles. The van der Waals surface area contributed by atoms with Crippen molar-refractivity contribution in [3.05, 3.63) is 40.7 Å². The Hall–Kier alpha value is -1.85. The molecule has 1 aromatic carbocycles. The third-order valence-corrected chi connectivity index (χ3v) is 4.11. The van der Waals surface area contributed by atoms with Crippen molar-refractivity contribution in [3.63, 3.8) is 0 Å². The Kier molecular flexibility index (Phi) is 3.00. The summed E-state index contributed by atoms with van der Waals surface area (Å²) in [6, 6.07) is 9.24. The average Bonchev–Trinajstić information content (AvgIpc) is 2.93. The van der Waals surface area contributed by atoms with Crippen molar-refractivity contribution in [2.24, 2.45) is 0 Å². The first-order valence-electron chi connectivity index (χ1n) is 5.57. The summed E-state index contributed by atoms with van der Waals surface area (Å²) >= 11 is 7.57. The highest BCUT2D eigenvalue weighted by molar-refractivity contribution is 7.14. The lowest BCUT2D eigenvalue weighted by molar-refractivity contribution is -0.137. The number of carboxylic acid groups (broad SMARTS) is 1. The molecule has 3 rings (SSSR count). The Morgan fingerprint density at radius 3 is 2.84 bits per heavy atom. The smallest absolute Gasteiger partial charge is 0.323 e. The van der Waals surface area contributed by atoms with Gasteiger partial charge in [-0.3, -0.25) is 4.79 Å². The van der Waals surface area contributed by atoms with Crippen LogP contribution in [0.25, 0.3) is 21.7 Å². The van der Waals surface area contributed by atoms with E-state index in [1.165, 1.54) is 11.3 Å². The van der Waals surface area contributed by atoms with E-state index in [-0.39, 0.29) is 6.54 Å². The maximum atomic E-state index is 11.0. The molecule has 0 aliphatic carbocycles. The van der Waals surface area contributed by atoms with Gasteiger partial charge in [0.15, 0.2) is 5.82 Å². The summed E-state index contributed by atoms with van der Waals surface area (Å²) in [6.07, 6.45) is 0. The van der Waals surface area contributed by atoms with Gasteiger partial charge in [0.2, 0.25) is 0 Å². The SMILES string of the molecule is O=C(O)Cn1c(-c2sccc2Cl)nc2ccccc21. The summed E-state index contributed by atoms with van der Waals surface area (Å²) in [5, 5.41) is 11.5. The average molecular weight is 293 g/mol. The number of hydrogen-bond donors (Lipinski definition) is 1. The number of thiophene rings is 1. The van der Waals surface area contributed by atoms with Gasteiger partial charge in [-0.2, -0.15) is 0 Å². The van der Waals surface area contributed by atoms with Crippen molar-refractivity contribution in [1.82, 2.24) is 9.55 Å². The van der Waals surface area contributed by atoms with Crippen LogP contribution in [-0.2, 0) is 11.3 Å². The summed E-state index contributed by atoms with van der Waals surface area (Å²) in [7, 11) is 0. The van der Waals surface area contributed by atoms with Crippen molar-refractivity contribution in [2.45, 2.75) is 6.54 Å². The topological polar surface area (TPSA) is 55.1 Å². The summed E-state index contributed by atoms with van der Waals surface area (Å²) in [5.74, 6) is -0.305. The number of nitrogens with zero attached hydrogens (tertiary/aromatic N) is 2. The van der Waals surface area contributed by atoms with Gasteiger partial charge in [0, 0.05) is 0 Å². The van der Waals surface area contributed by atoms with E-state index < -0.39 is 5.97 Å². The molecule has 0 saturated heterocycles. The monoisotopic (exact) mass is 292 g/mol. The van der Waals surface area contributed by atoms with Crippen molar-refractivity contribution < 1.29 is 9.90 Å². The van der Waals surface area contributed by atoms with Gasteiger partial charge in [0.1, 0.15) is 6.54 Å². The van der Waals surface area contributed by atoms with Crippen LogP contribution >= 0.6 is 22.9 Å². The van der Waals surface area contributed by atoms with Crippen molar-refractivity contribution >= 4 is 39.9 Å². The first-order chi connectivity index (χ1) is 9.16. The number of aromatic nitrogens is 2. The van der Waals surface area contributed by atoms with Crippen molar-refractivity contribution in [2.75, 3.05) is 0 Å². The van der Waals surface area contributed by atoms with Crippen LogP contribution in [0.4, 0.5) is 0 Å². The predicted molar refractivity (Wildman–Crippen MR) is 75.7 cm³/mol. The summed E-state index contributed by atoms with van der Waals surface area (Å²) in [4.78, 5) is 16.3. The lowest BCUT2D eigenvalue weighted by atomic mass is 10.3. The van der Waals surface area contributed by atoms with Gasteiger partial charge in [-0.15, -0.1) is 11.3 Å². The number of benzene rings is 1. The van der Waals surface area contributed by atoms with E-state index in [2.05, 4.69) is 4.98 Å². The largest absolute Gasteiger partial charge is 0.480 e. The summed E-state index contributed by atoms with van der Waals surface area (Å²) in [5.41, 5.74) is 1.56. The first-order valence-corrected chi connectivity index (χ1v) is 6.83. The van der Waals surface area contributed by atoms with Gasteiger partial charge in [0.05, 0.1) is 20.9 Å². The highest BCUT2D eigenvalue weighted by atomic mass is 35.5. The molecule has 0 bridgehead atoms. The molecule has 0 saturated carbocycles. The van der Waals surface area contributed by atoms with Crippen molar-refractivity contribution in [1.29, 1.82) is 0 Å². The minimum Gasteiger partial charge on any atom is -0.480 e. The van der Waals surface area contributed by atoms with E-state index in [0.717, 1.165) is 15.9 Å². The van der Waals surface area contributed by atoms with Crippen LogP contribution in [0.3, 0.4) is 0 Å². The Morgan fingerprint density at radius 2 is 2.16 bits per heavy atom. The van der Waals surface area contributed by atoms with E-state index in [0.29, 0.717) is 10.8 Å². The van der Waals surface area contributed by atoms with E-state index >= 15 is 0 Å². The van der Waals surface area contributed by atoms with Gasteiger partial charge >= 0.3 is 5.97 Å². The Bertz CT molecular complexity index is 763. The maximum Gasteiger partial charge on any atom is 0.323 e. The molecule has 1 N–H and O–H groups in total. The molecular formula is C13H9ClN2O2S. The number of aliphatic carboxylic acids is 1. The minimum absolute atomic E-state index is 0.135. The van der Waals surface area contributed by atoms with Crippen LogP contribution in [0, 0.1) is 0 Å². The number of hydrogen-bond acceptors (Lipinski definition) is 3. The Morgan fingerprint density at radius 1 is 1.37 bits per heavy atom. The standard InChI is InChI=1S/C13H9ClN2O2S/c14-8-5-6-19-12(8)13-15-9-3-1-2-4-10(9)16(13)7-11(17)18/h1-6H,7H2,(H,17,18). The quantitative estimate of drug-likeness (QED) is 0.804. The number of para-hydroxylation sites is 2. The van der Waals surface area contributed by atoms with Crippen molar-refractivity contribution in [3.8, 4) is 10.7 Å². The first kappa shape index (κ1) is 12.2. The second-order valence-corrected chi connectivity index (χ2v) is 5.32. The summed E-state index contributed by atoms with van der Waals surface area (Å²) < 4.78 is 1.68. The van der Waals surface area contributed by atoms with Crippen LogP contribution in [0.1, 0.15) is 0 Å². The number of imidazole rings is 1. The molecule has 0 unspecified atom stereocenters. The van der Waals surface area contributed by atoms with Crippen LogP contribution in [0.15, 0.2) is 35.7 Å². The van der Waals surface area contributed by atoms with E-state index in [1.807, 2.05) is 29.6 Å². The molecule has 19 heavy (non-hydrogen) atoms. The normalized spacial score (nSPS) is 11.0. The molecule has 2 heterocycles. The van der Waals surface area contributed by atoms with E-state index in [9.17, 15) is 4.79 Å². The zero-order chi connectivity index (χ0) is 13.4. The second kappa shape index (κ2) is 4.68. The third kappa shape index (κ3) is 2.11. The number of rotatable bonds is 3. The fourth-order valence-electron chi connectivity index (χ4n) is 2.00. The molecule has 96 valence electrons. The fraction of sp³-hybridized carbons (Fsp3) is 0.0769. The van der Waals surface area contributed by atoms with E-state index in [1.54, 1.807) is 10.6 Å². The zero-order valence-corrected chi connectivity index (χ0v) is 11.3. The Balaban J connectivity index is 2.28. The molecule has 3 aromatic rings. The van der Waals surface area contributed by atoms with Crippen LogP contribution in [0.2, 0.25) is 5.02 Å². The molecule has 4 nitrogen and oxygen atoms in total. The summed E-state index contributed by atoms with van der Waals surface area (Å²) in [6.45, 7) is -0.135. The van der Waals surface area contributed by atoms with Gasteiger partial charge in [-0.25, -0.2) is 4.98 Å². The molecule has 0 aliphatic rings. The van der Waals surface area contributed by atoms with E-state index in [4.69, 9.17) is 16.7 Å². The van der Waals surface area contributed by atoms with Gasteiger partial charge < -0.3 is 9.67 Å². The van der Waals surface area contributed by atoms with Gasteiger partial charge in [-0.05, 0) is 23.6 Å². The molecule has 0 amide bonds. The van der Waals surface area contributed by atoms with Crippen LogP contribution < -0.4 is 0 Å². The number of halogens is 1. The number of carboxylic acids is 1. The molecule has 0 spiro atoms. The molecular weight excluding hydrogens is 284 g/mol. The fourth-order valence-corrected chi connectivity index (χ4v) is 3.14. The van der Waals surface area contributed by atoms with Crippen LogP contribution in [-0.4, -0.2) is 20.6 Å². The molecule has 0 atom stereocenters. The number of carbonyl (C=O) groups is 1. The third-order valence-electron chi connectivity index (χ3n) is 2.77. The second-order valence-electron chi connectivity index (χ2n) is 4.00. The molecule has 0 fully saturated rings. The van der Waals surface area contributed by atoms with Gasteiger partial charge in [-0.1, -0.05) is 23.7 Å². The molecule has 0 radical (unpaired) electrons. The highest BCUT2D eigenvalue weighted by Gasteiger charge is 2.17. The van der Waals surface area contributed by atoms with Gasteiger partial charge in [0.25, 0.3) is 0 Å².